The van der Waals surface area contributed by atoms with Gasteiger partial charge in [-0.1, -0.05) is 31.7 Å². The number of rotatable bonds is 3. The van der Waals surface area contributed by atoms with Gasteiger partial charge in [0.25, 0.3) is 0 Å². The third-order valence-corrected chi connectivity index (χ3v) is 3.85. The number of hydrogen-bond acceptors (Lipinski definition) is 3. The van der Waals surface area contributed by atoms with Crippen LogP contribution in [0.5, 0.6) is 0 Å². The molecule has 0 amide bonds. The van der Waals surface area contributed by atoms with Crippen LogP contribution in [-0.4, -0.2) is 17.0 Å². The summed E-state index contributed by atoms with van der Waals surface area (Å²) < 4.78 is 13.7. The van der Waals surface area contributed by atoms with Crippen molar-refractivity contribution >= 4 is 22.6 Å². The molecular weight excluding hydrogens is 247 g/mol. The van der Waals surface area contributed by atoms with Crippen LogP contribution in [0.3, 0.4) is 0 Å². The molecule has 0 radical (unpaired) electrons. The van der Waals surface area contributed by atoms with Crippen molar-refractivity contribution in [1.82, 2.24) is 0 Å². The molecule has 0 saturated carbocycles. The van der Waals surface area contributed by atoms with Gasteiger partial charge in [0.1, 0.15) is 5.82 Å². The number of amidine groups is 1. The molecule has 1 aromatic carbocycles. The molecule has 2 rings (SSSR count). The Bertz CT molecular complexity index is 457. The summed E-state index contributed by atoms with van der Waals surface area (Å²) in [4.78, 5) is 4.59. The van der Waals surface area contributed by atoms with Crippen LogP contribution in [0.4, 0.5) is 10.1 Å². The standard InChI is InChI=1S/C14H19FN2S/c1-9(2)6-11-8-18-14(16-11)17-13-5-4-10(3)7-12(13)15/h4-5,7,9,11H,6,8H2,1-3H3,(H,16,17). The van der Waals surface area contributed by atoms with E-state index in [9.17, 15) is 4.39 Å². The lowest BCUT2D eigenvalue weighted by Gasteiger charge is -2.08. The fraction of sp³-hybridized carbons (Fsp3) is 0.500. The number of aliphatic imine (C=N–C) groups is 1. The zero-order valence-corrected chi connectivity index (χ0v) is 11.9. The van der Waals surface area contributed by atoms with Crippen LogP contribution in [-0.2, 0) is 0 Å². The molecule has 4 heteroatoms. The molecule has 0 saturated heterocycles. The van der Waals surface area contributed by atoms with Gasteiger partial charge in [-0.2, -0.15) is 0 Å². The second kappa shape index (κ2) is 5.74. The van der Waals surface area contributed by atoms with Gasteiger partial charge in [0.15, 0.2) is 5.17 Å². The van der Waals surface area contributed by atoms with E-state index in [1.165, 1.54) is 6.07 Å². The van der Waals surface area contributed by atoms with E-state index in [1.807, 2.05) is 13.0 Å². The highest BCUT2D eigenvalue weighted by Crippen LogP contribution is 2.25. The van der Waals surface area contributed by atoms with Crippen LogP contribution in [0, 0.1) is 18.7 Å². The fourth-order valence-electron chi connectivity index (χ4n) is 1.99. The Morgan fingerprint density at radius 2 is 2.28 bits per heavy atom. The van der Waals surface area contributed by atoms with Gasteiger partial charge in [-0.15, -0.1) is 0 Å². The molecule has 0 bridgehead atoms. The first kappa shape index (κ1) is 13.4. The van der Waals surface area contributed by atoms with Gasteiger partial charge < -0.3 is 5.32 Å². The van der Waals surface area contributed by atoms with Crippen molar-refractivity contribution in [2.45, 2.75) is 33.2 Å². The van der Waals surface area contributed by atoms with E-state index >= 15 is 0 Å². The molecular formula is C14H19FN2S. The second-order valence-electron chi connectivity index (χ2n) is 5.14. The first-order valence-electron chi connectivity index (χ1n) is 6.28. The van der Waals surface area contributed by atoms with Crippen LogP contribution >= 0.6 is 11.8 Å². The van der Waals surface area contributed by atoms with Gasteiger partial charge in [0, 0.05) is 5.75 Å². The molecule has 18 heavy (non-hydrogen) atoms. The Morgan fingerprint density at radius 1 is 1.50 bits per heavy atom. The Hall–Kier alpha value is -1.03. The van der Waals surface area contributed by atoms with Crippen molar-refractivity contribution < 1.29 is 4.39 Å². The minimum Gasteiger partial charge on any atom is -0.333 e. The van der Waals surface area contributed by atoms with E-state index in [0.29, 0.717) is 17.6 Å². The lowest BCUT2D eigenvalue weighted by molar-refractivity contribution is 0.529. The molecule has 1 atom stereocenters. The summed E-state index contributed by atoms with van der Waals surface area (Å²) in [6.45, 7) is 6.28. The smallest absolute Gasteiger partial charge is 0.161 e. The molecule has 1 aliphatic heterocycles. The number of anilines is 1. The van der Waals surface area contributed by atoms with Crippen LogP contribution in [0.15, 0.2) is 23.2 Å². The zero-order valence-electron chi connectivity index (χ0n) is 11.0. The highest BCUT2D eigenvalue weighted by molar-refractivity contribution is 8.14. The summed E-state index contributed by atoms with van der Waals surface area (Å²) in [6.07, 6.45) is 1.09. The number of halogens is 1. The average molecular weight is 266 g/mol. The maximum Gasteiger partial charge on any atom is 0.161 e. The van der Waals surface area contributed by atoms with Crippen molar-refractivity contribution in [1.29, 1.82) is 0 Å². The summed E-state index contributed by atoms with van der Waals surface area (Å²) in [5.74, 6) is 1.42. The lowest BCUT2D eigenvalue weighted by atomic mass is 10.1. The van der Waals surface area contributed by atoms with Crippen molar-refractivity contribution in [2.75, 3.05) is 11.1 Å². The molecule has 0 fully saturated rings. The van der Waals surface area contributed by atoms with Crippen molar-refractivity contribution in [3.05, 3.63) is 29.6 Å². The first-order valence-corrected chi connectivity index (χ1v) is 7.27. The maximum atomic E-state index is 13.7. The second-order valence-corrected chi connectivity index (χ2v) is 6.15. The molecule has 1 aromatic rings. The van der Waals surface area contributed by atoms with E-state index in [1.54, 1.807) is 17.8 Å². The zero-order chi connectivity index (χ0) is 13.1. The maximum absolute atomic E-state index is 13.7. The van der Waals surface area contributed by atoms with Crippen LogP contribution in [0.1, 0.15) is 25.8 Å². The molecule has 0 aromatic heterocycles. The lowest BCUT2D eigenvalue weighted by Crippen LogP contribution is -2.08. The van der Waals surface area contributed by atoms with Crippen molar-refractivity contribution in [3.8, 4) is 0 Å². The van der Waals surface area contributed by atoms with E-state index in [2.05, 4.69) is 24.2 Å². The van der Waals surface area contributed by atoms with E-state index < -0.39 is 0 Å². The van der Waals surface area contributed by atoms with Crippen LogP contribution < -0.4 is 5.32 Å². The van der Waals surface area contributed by atoms with Gasteiger partial charge in [-0.25, -0.2) is 4.39 Å². The summed E-state index contributed by atoms with van der Waals surface area (Å²) in [7, 11) is 0. The predicted molar refractivity (Wildman–Crippen MR) is 77.9 cm³/mol. The number of thioether (sulfide) groups is 1. The van der Waals surface area contributed by atoms with Crippen molar-refractivity contribution in [3.63, 3.8) is 0 Å². The molecule has 0 spiro atoms. The SMILES string of the molecule is Cc1ccc(NC2=NC(CC(C)C)CS2)c(F)c1. The van der Waals surface area contributed by atoms with Gasteiger partial charge >= 0.3 is 0 Å². The normalized spacial score (nSPS) is 19.2. The molecule has 0 aliphatic carbocycles. The third kappa shape index (κ3) is 3.48. The summed E-state index contributed by atoms with van der Waals surface area (Å²) >= 11 is 1.67. The average Bonchev–Trinajstić information content (AvgIpc) is 2.69. The van der Waals surface area contributed by atoms with Crippen LogP contribution in [0.25, 0.3) is 0 Å². The highest BCUT2D eigenvalue weighted by Gasteiger charge is 2.19. The topological polar surface area (TPSA) is 24.4 Å². The fourth-order valence-corrected chi connectivity index (χ4v) is 2.95. The quantitative estimate of drug-likeness (QED) is 0.892. The van der Waals surface area contributed by atoms with Gasteiger partial charge in [0.2, 0.25) is 0 Å². The number of hydrogen-bond donors (Lipinski definition) is 1. The molecule has 1 heterocycles. The molecule has 98 valence electrons. The Morgan fingerprint density at radius 3 is 2.94 bits per heavy atom. The van der Waals surface area contributed by atoms with E-state index in [0.717, 1.165) is 22.9 Å². The molecule has 1 unspecified atom stereocenters. The Labute approximate surface area is 112 Å². The summed E-state index contributed by atoms with van der Waals surface area (Å²) in [6, 6.07) is 5.57. The number of benzene rings is 1. The minimum absolute atomic E-state index is 0.217. The number of aryl methyl sites for hydroxylation is 1. The summed E-state index contributed by atoms with van der Waals surface area (Å²) in [5.41, 5.74) is 1.44. The monoisotopic (exact) mass is 266 g/mol. The highest BCUT2D eigenvalue weighted by atomic mass is 32.2. The number of nitrogens with one attached hydrogen (secondary N) is 1. The molecule has 1 aliphatic rings. The third-order valence-electron chi connectivity index (χ3n) is 2.82. The van der Waals surface area contributed by atoms with E-state index in [-0.39, 0.29) is 5.82 Å². The molecule has 2 nitrogen and oxygen atoms in total. The Kier molecular flexibility index (Phi) is 4.27. The summed E-state index contributed by atoms with van der Waals surface area (Å²) in [5, 5.41) is 3.91. The minimum atomic E-state index is -0.217. The molecule has 1 N–H and O–H groups in total. The van der Waals surface area contributed by atoms with E-state index in [4.69, 9.17) is 0 Å². The van der Waals surface area contributed by atoms with Gasteiger partial charge in [-0.05, 0) is 37.0 Å². The Balaban J connectivity index is 2.02. The first-order chi connectivity index (χ1) is 8.54. The van der Waals surface area contributed by atoms with Gasteiger partial charge in [0.05, 0.1) is 11.7 Å². The predicted octanol–water partition coefficient (Wildman–Crippen LogP) is 4.06. The van der Waals surface area contributed by atoms with Crippen LogP contribution in [0.2, 0.25) is 0 Å². The largest absolute Gasteiger partial charge is 0.333 e. The van der Waals surface area contributed by atoms with Gasteiger partial charge in [-0.3, -0.25) is 4.99 Å². The van der Waals surface area contributed by atoms with Crippen molar-refractivity contribution in [2.24, 2.45) is 10.9 Å². The number of nitrogens with zero attached hydrogens (tertiary/aromatic N) is 1.